The highest BCUT2D eigenvalue weighted by atomic mass is 35.5. The molecule has 3 aromatic heterocycles. The van der Waals surface area contributed by atoms with Crippen LogP contribution in [0.25, 0.3) is 21.7 Å². The molecule has 0 radical (unpaired) electrons. The SMILES string of the molecule is Cc1cc(F)c(C(=O)N(C)CCO)c2nc(C(=O)NC3CCN(C(C)C)CC3)n(Cc3cc(-c4ccc(Cl)s4)on3)c12. The lowest BCUT2D eigenvalue weighted by atomic mass is 10.0. The number of aryl methyl sites for hydroxylation is 1. The first-order valence-electron chi connectivity index (χ1n) is 13.9. The van der Waals surface area contributed by atoms with Crippen LogP contribution in [0.1, 0.15) is 58.9 Å². The molecule has 1 aliphatic heterocycles. The topological polar surface area (TPSA) is 117 Å². The molecule has 42 heavy (non-hydrogen) atoms. The fourth-order valence-corrected chi connectivity index (χ4v) is 6.36. The van der Waals surface area contributed by atoms with E-state index in [2.05, 4.69) is 34.2 Å². The van der Waals surface area contributed by atoms with Gasteiger partial charge < -0.3 is 29.3 Å². The number of imidazole rings is 1. The van der Waals surface area contributed by atoms with Crippen molar-refractivity contribution in [2.24, 2.45) is 0 Å². The van der Waals surface area contributed by atoms with Crippen LogP contribution in [0.3, 0.4) is 0 Å². The Morgan fingerprint density at radius 2 is 2.02 bits per heavy atom. The third kappa shape index (κ3) is 6.07. The number of halogens is 2. The number of rotatable bonds is 9. The van der Waals surface area contributed by atoms with Crippen molar-refractivity contribution in [3.05, 3.63) is 57.1 Å². The van der Waals surface area contributed by atoms with Gasteiger partial charge in [-0.25, -0.2) is 9.37 Å². The number of aromatic nitrogens is 3. The summed E-state index contributed by atoms with van der Waals surface area (Å²) in [6.07, 6.45) is 1.59. The molecule has 10 nitrogen and oxygen atoms in total. The van der Waals surface area contributed by atoms with Gasteiger partial charge in [-0.3, -0.25) is 9.59 Å². The van der Waals surface area contributed by atoms with E-state index in [1.807, 2.05) is 6.07 Å². The van der Waals surface area contributed by atoms with Crippen LogP contribution >= 0.6 is 22.9 Å². The molecule has 0 atom stereocenters. The number of benzene rings is 1. The maximum atomic E-state index is 15.4. The molecular weight excluding hydrogens is 583 g/mol. The van der Waals surface area contributed by atoms with E-state index in [1.54, 1.807) is 23.6 Å². The Labute approximate surface area is 252 Å². The molecule has 4 heterocycles. The fraction of sp³-hybridized carbons (Fsp3) is 0.448. The van der Waals surface area contributed by atoms with Crippen molar-refractivity contribution in [1.82, 2.24) is 29.8 Å². The molecular formula is C29H34ClFN6O4S. The first-order valence-corrected chi connectivity index (χ1v) is 15.1. The minimum Gasteiger partial charge on any atom is -0.395 e. The fourth-order valence-electron chi connectivity index (χ4n) is 5.37. The molecule has 5 rings (SSSR count). The Bertz CT molecular complexity index is 1610. The normalized spacial score (nSPS) is 14.7. The van der Waals surface area contributed by atoms with Crippen molar-refractivity contribution >= 4 is 45.8 Å². The zero-order valence-electron chi connectivity index (χ0n) is 24.0. The highest BCUT2D eigenvalue weighted by molar-refractivity contribution is 7.19. The summed E-state index contributed by atoms with van der Waals surface area (Å²) < 4.78 is 23.2. The maximum Gasteiger partial charge on any atom is 0.287 e. The number of thiophene rings is 1. The molecule has 1 fully saturated rings. The lowest BCUT2D eigenvalue weighted by molar-refractivity contribution is 0.0763. The van der Waals surface area contributed by atoms with Gasteiger partial charge in [0.2, 0.25) is 0 Å². The average Bonchev–Trinajstić information content (AvgIpc) is 3.68. The smallest absolute Gasteiger partial charge is 0.287 e. The van der Waals surface area contributed by atoms with Crippen molar-refractivity contribution < 1.29 is 23.6 Å². The summed E-state index contributed by atoms with van der Waals surface area (Å²) in [6, 6.07) is 7.02. The summed E-state index contributed by atoms with van der Waals surface area (Å²) in [6.45, 7) is 7.59. The Morgan fingerprint density at radius 3 is 2.67 bits per heavy atom. The number of hydrogen-bond donors (Lipinski definition) is 2. The molecule has 13 heteroatoms. The number of aliphatic hydroxyl groups excluding tert-OH is 1. The van der Waals surface area contributed by atoms with Gasteiger partial charge in [-0.1, -0.05) is 16.8 Å². The summed E-state index contributed by atoms with van der Waals surface area (Å²) in [5.74, 6) is -1.22. The number of nitrogens with zero attached hydrogens (tertiary/aromatic N) is 5. The lowest BCUT2D eigenvalue weighted by Crippen LogP contribution is -2.47. The minimum atomic E-state index is -0.745. The second-order valence-electron chi connectivity index (χ2n) is 10.9. The molecule has 1 saturated heterocycles. The van der Waals surface area contributed by atoms with Crippen molar-refractivity contribution in [3.63, 3.8) is 0 Å². The van der Waals surface area contributed by atoms with Gasteiger partial charge in [0.05, 0.1) is 27.9 Å². The van der Waals surface area contributed by atoms with Crippen molar-refractivity contribution in [3.8, 4) is 10.6 Å². The van der Waals surface area contributed by atoms with E-state index >= 15 is 4.39 Å². The summed E-state index contributed by atoms with van der Waals surface area (Å²) in [7, 11) is 1.48. The molecule has 0 bridgehead atoms. The van der Waals surface area contributed by atoms with Crippen LogP contribution in [0.2, 0.25) is 4.34 Å². The van der Waals surface area contributed by atoms with Crippen LogP contribution in [0.15, 0.2) is 28.8 Å². The number of nitrogens with one attached hydrogen (secondary N) is 1. The van der Waals surface area contributed by atoms with E-state index < -0.39 is 17.6 Å². The molecule has 4 aromatic rings. The Kier molecular flexibility index (Phi) is 8.97. The van der Waals surface area contributed by atoms with Gasteiger partial charge in [0.25, 0.3) is 11.8 Å². The van der Waals surface area contributed by atoms with Gasteiger partial charge in [-0.15, -0.1) is 11.3 Å². The van der Waals surface area contributed by atoms with Crippen LogP contribution in [0, 0.1) is 12.7 Å². The highest BCUT2D eigenvalue weighted by Crippen LogP contribution is 2.33. The standard InChI is InChI=1S/C29H34ClFN6O4S/c1-16(2)36-9-7-18(8-10-36)32-28(39)27-33-25-24(29(40)35(4)11-12-38)20(31)13-17(3)26(25)37(27)15-19-14-21(41-34-19)22-5-6-23(30)42-22/h5-6,13-14,16,18,38H,7-12,15H2,1-4H3,(H,32,39). The van der Waals surface area contributed by atoms with Crippen molar-refractivity contribution in [1.29, 1.82) is 0 Å². The number of likely N-dealkylation sites (N-methyl/N-ethyl adjacent to an activating group) is 1. The predicted molar refractivity (Wildman–Crippen MR) is 160 cm³/mol. The maximum absolute atomic E-state index is 15.4. The van der Waals surface area contributed by atoms with Crippen LogP contribution in [0.4, 0.5) is 4.39 Å². The summed E-state index contributed by atoms with van der Waals surface area (Å²) in [5.41, 5.74) is 1.30. The zero-order chi connectivity index (χ0) is 30.1. The van der Waals surface area contributed by atoms with Crippen LogP contribution in [-0.2, 0) is 6.54 Å². The van der Waals surface area contributed by atoms with Gasteiger partial charge in [-0.2, -0.15) is 0 Å². The predicted octanol–water partition coefficient (Wildman–Crippen LogP) is 4.57. The Balaban J connectivity index is 1.55. The molecule has 0 spiro atoms. The number of hydrogen-bond acceptors (Lipinski definition) is 8. The first kappa shape index (κ1) is 30.1. The van der Waals surface area contributed by atoms with E-state index in [0.29, 0.717) is 32.9 Å². The van der Waals surface area contributed by atoms with Crippen molar-refractivity contribution in [2.75, 3.05) is 33.3 Å². The number of carbonyl (C=O) groups is 2. The van der Waals surface area contributed by atoms with E-state index in [9.17, 15) is 14.7 Å². The summed E-state index contributed by atoms with van der Waals surface area (Å²) in [4.78, 5) is 36.0. The largest absolute Gasteiger partial charge is 0.395 e. The third-order valence-electron chi connectivity index (χ3n) is 7.65. The number of amides is 2. The van der Waals surface area contributed by atoms with Gasteiger partial charge >= 0.3 is 0 Å². The highest BCUT2D eigenvalue weighted by Gasteiger charge is 2.30. The van der Waals surface area contributed by atoms with E-state index in [1.165, 1.54) is 29.4 Å². The molecule has 0 saturated carbocycles. The van der Waals surface area contributed by atoms with Crippen LogP contribution in [0.5, 0.6) is 0 Å². The molecule has 2 amide bonds. The number of likely N-dealkylation sites (tertiary alicyclic amines) is 1. The summed E-state index contributed by atoms with van der Waals surface area (Å²) >= 11 is 7.44. The second kappa shape index (κ2) is 12.5. The molecule has 0 aliphatic carbocycles. The van der Waals surface area contributed by atoms with Gasteiger partial charge in [-0.05, 0) is 57.4 Å². The quantitative estimate of drug-likeness (QED) is 0.283. The number of aliphatic hydroxyl groups is 1. The van der Waals surface area contributed by atoms with E-state index in [0.717, 1.165) is 30.8 Å². The molecule has 2 N–H and O–H groups in total. The molecule has 1 aromatic carbocycles. The summed E-state index contributed by atoms with van der Waals surface area (Å²) in [5, 5.41) is 16.7. The lowest BCUT2D eigenvalue weighted by Gasteiger charge is -2.34. The average molecular weight is 617 g/mol. The third-order valence-corrected chi connectivity index (χ3v) is 8.89. The Morgan fingerprint density at radius 1 is 1.29 bits per heavy atom. The van der Waals surface area contributed by atoms with Gasteiger partial charge in [0.1, 0.15) is 22.6 Å². The van der Waals surface area contributed by atoms with Crippen LogP contribution in [-0.4, -0.2) is 86.8 Å². The number of piperidine rings is 1. The monoisotopic (exact) mass is 616 g/mol. The Hall–Kier alpha value is -3.32. The molecule has 224 valence electrons. The number of fused-ring (bicyclic) bond motifs is 1. The molecule has 0 unspecified atom stereocenters. The van der Waals surface area contributed by atoms with Gasteiger partial charge in [0, 0.05) is 44.8 Å². The molecule has 1 aliphatic rings. The van der Waals surface area contributed by atoms with E-state index in [-0.39, 0.29) is 42.6 Å². The zero-order valence-corrected chi connectivity index (χ0v) is 25.6. The second-order valence-corrected chi connectivity index (χ2v) is 12.6. The first-order chi connectivity index (χ1) is 20.1. The minimum absolute atomic E-state index is 0.0191. The van der Waals surface area contributed by atoms with Gasteiger partial charge in [0.15, 0.2) is 11.6 Å². The number of carbonyl (C=O) groups excluding carboxylic acids is 2. The van der Waals surface area contributed by atoms with Crippen molar-refractivity contribution in [2.45, 2.75) is 52.2 Å². The van der Waals surface area contributed by atoms with Crippen LogP contribution < -0.4 is 5.32 Å². The van der Waals surface area contributed by atoms with E-state index in [4.69, 9.17) is 16.1 Å².